The summed E-state index contributed by atoms with van der Waals surface area (Å²) in [5, 5.41) is 13.8. The summed E-state index contributed by atoms with van der Waals surface area (Å²) in [5.74, 6) is 0.950. The molecule has 3 N–H and O–H groups in total. The van der Waals surface area contributed by atoms with Gasteiger partial charge in [-0.05, 0) is 19.3 Å². The Labute approximate surface area is 116 Å². The summed E-state index contributed by atoms with van der Waals surface area (Å²) in [7, 11) is 1.93. The number of aryl methyl sites for hydroxylation is 2. The number of hydrogen-bond acceptors (Lipinski definition) is 4. The van der Waals surface area contributed by atoms with Crippen LogP contribution in [0.25, 0.3) is 0 Å². The van der Waals surface area contributed by atoms with Crippen LogP contribution in [0, 0.1) is 0 Å². The smallest absolute Gasteiger partial charge is 0.150 e. The maximum absolute atomic E-state index is 9.32. The maximum atomic E-state index is 9.32. The van der Waals surface area contributed by atoms with Gasteiger partial charge in [0.1, 0.15) is 0 Å². The Morgan fingerprint density at radius 3 is 2.42 bits per heavy atom. The average Bonchev–Trinajstić information content (AvgIpc) is 2.66. The molecule has 1 aromatic rings. The van der Waals surface area contributed by atoms with Crippen LogP contribution in [-0.2, 0) is 13.5 Å². The van der Waals surface area contributed by atoms with E-state index >= 15 is 0 Å². The molecule has 0 saturated heterocycles. The Balaban J connectivity index is 3.14. The molecule has 1 heterocycles. The lowest BCUT2D eigenvalue weighted by Crippen LogP contribution is -2.38. The number of rotatable bonds is 8. The summed E-state index contributed by atoms with van der Waals surface area (Å²) in [6.07, 6.45) is 4.00. The first kappa shape index (κ1) is 15.8. The Morgan fingerprint density at radius 1 is 1.32 bits per heavy atom. The van der Waals surface area contributed by atoms with Crippen molar-refractivity contribution in [3.05, 3.63) is 5.69 Å². The molecule has 19 heavy (non-hydrogen) atoms. The summed E-state index contributed by atoms with van der Waals surface area (Å²) in [6, 6.07) is 0.388. The number of aromatic nitrogens is 2. The molecule has 0 radical (unpaired) electrons. The van der Waals surface area contributed by atoms with E-state index < -0.39 is 0 Å². The normalized spacial score (nSPS) is 11.3. The minimum atomic E-state index is 0.129. The van der Waals surface area contributed by atoms with Crippen LogP contribution in [0.5, 0.6) is 0 Å². The van der Waals surface area contributed by atoms with E-state index in [4.69, 9.17) is 5.73 Å². The standard InChI is InChI=1S/C14H28N4O/c1-5-8-12-13(15)14(17(4)16-12)18(9-10-19)11(6-2)7-3/h11,19H,5-10,15H2,1-4H3. The Hall–Kier alpha value is -1.23. The van der Waals surface area contributed by atoms with E-state index in [2.05, 4.69) is 30.8 Å². The molecule has 0 bridgehead atoms. The molecule has 5 heteroatoms. The highest BCUT2D eigenvalue weighted by Gasteiger charge is 2.23. The second kappa shape index (κ2) is 7.38. The largest absolute Gasteiger partial charge is 0.395 e. The first-order chi connectivity index (χ1) is 9.10. The fraction of sp³-hybridized carbons (Fsp3) is 0.786. The highest BCUT2D eigenvalue weighted by Crippen LogP contribution is 2.29. The lowest BCUT2D eigenvalue weighted by atomic mass is 10.1. The molecule has 0 spiro atoms. The SMILES string of the molecule is CCCc1nn(C)c(N(CCO)C(CC)CC)c1N. The molecule has 0 aliphatic rings. The lowest BCUT2D eigenvalue weighted by Gasteiger charge is -2.32. The zero-order valence-electron chi connectivity index (χ0n) is 12.7. The minimum Gasteiger partial charge on any atom is -0.395 e. The first-order valence-electron chi connectivity index (χ1n) is 7.29. The molecule has 0 aromatic carbocycles. The fourth-order valence-electron chi connectivity index (χ4n) is 2.65. The van der Waals surface area contributed by atoms with Crippen molar-refractivity contribution in [1.82, 2.24) is 9.78 Å². The third kappa shape index (κ3) is 3.41. The van der Waals surface area contributed by atoms with Gasteiger partial charge >= 0.3 is 0 Å². The molecule has 0 unspecified atom stereocenters. The van der Waals surface area contributed by atoms with E-state index in [1.807, 2.05) is 11.7 Å². The van der Waals surface area contributed by atoms with Crippen molar-refractivity contribution in [3.8, 4) is 0 Å². The number of nitrogen functional groups attached to an aromatic ring is 1. The summed E-state index contributed by atoms with van der Waals surface area (Å²) in [5.41, 5.74) is 8.00. The van der Waals surface area contributed by atoms with Crippen molar-refractivity contribution in [3.63, 3.8) is 0 Å². The number of anilines is 2. The van der Waals surface area contributed by atoms with Gasteiger partial charge in [0.2, 0.25) is 0 Å². The molecule has 1 rings (SSSR count). The number of nitrogens with two attached hydrogens (primary N) is 1. The zero-order chi connectivity index (χ0) is 14.4. The molecule has 110 valence electrons. The predicted molar refractivity (Wildman–Crippen MR) is 80.4 cm³/mol. The Bertz CT molecular complexity index is 385. The molecule has 0 fully saturated rings. The quantitative estimate of drug-likeness (QED) is 0.756. The summed E-state index contributed by atoms with van der Waals surface area (Å²) in [6.45, 7) is 7.18. The van der Waals surface area contributed by atoms with Gasteiger partial charge in [0.05, 0.1) is 18.0 Å². The van der Waals surface area contributed by atoms with Gasteiger partial charge in [-0.3, -0.25) is 4.68 Å². The maximum Gasteiger partial charge on any atom is 0.150 e. The van der Waals surface area contributed by atoms with Crippen LogP contribution in [0.4, 0.5) is 11.5 Å². The van der Waals surface area contributed by atoms with Crippen molar-refractivity contribution in [2.75, 3.05) is 23.8 Å². The molecule has 0 atom stereocenters. The average molecular weight is 268 g/mol. The number of aliphatic hydroxyl groups excluding tert-OH is 1. The van der Waals surface area contributed by atoms with Gasteiger partial charge in [-0.15, -0.1) is 0 Å². The van der Waals surface area contributed by atoms with Gasteiger partial charge in [-0.2, -0.15) is 5.10 Å². The number of hydrogen-bond donors (Lipinski definition) is 2. The van der Waals surface area contributed by atoms with Crippen LogP contribution in [0.2, 0.25) is 0 Å². The first-order valence-corrected chi connectivity index (χ1v) is 7.29. The van der Waals surface area contributed by atoms with Gasteiger partial charge < -0.3 is 15.7 Å². The Morgan fingerprint density at radius 2 is 1.95 bits per heavy atom. The fourth-order valence-corrected chi connectivity index (χ4v) is 2.65. The van der Waals surface area contributed by atoms with E-state index in [9.17, 15) is 5.11 Å². The molecule has 0 saturated carbocycles. The number of aliphatic hydroxyl groups is 1. The minimum absolute atomic E-state index is 0.129. The molecule has 0 amide bonds. The second-order valence-corrected chi connectivity index (χ2v) is 4.94. The van der Waals surface area contributed by atoms with Gasteiger partial charge in [-0.25, -0.2) is 0 Å². The molecule has 0 aliphatic carbocycles. The molecule has 1 aromatic heterocycles. The van der Waals surface area contributed by atoms with Crippen molar-refractivity contribution in [1.29, 1.82) is 0 Å². The summed E-state index contributed by atoms with van der Waals surface area (Å²) < 4.78 is 1.86. The predicted octanol–water partition coefficient (Wildman–Crippen LogP) is 1.94. The van der Waals surface area contributed by atoms with Gasteiger partial charge in [0.25, 0.3) is 0 Å². The van der Waals surface area contributed by atoms with Crippen LogP contribution in [0.1, 0.15) is 45.7 Å². The van der Waals surface area contributed by atoms with E-state index in [1.54, 1.807) is 0 Å². The van der Waals surface area contributed by atoms with E-state index in [0.717, 1.165) is 42.9 Å². The van der Waals surface area contributed by atoms with Crippen molar-refractivity contribution in [2.45, 2.75) is 52.5 Å². The third-order valence-corrected chi connectivity index (χ3v) is 3.61. The molecular formula is C14H28N4O. The highest BCUT2D eigenvalue weighted by atomic mass is 16.3. The van der Waals surface area contributed by atoms with Crippen LogP contribution in [0.15, 0.2) is 0 Å². The molecular weight excluding hydrogens is 240 g/mol. The van der Waals surface area contributed by atoms with Gasteiger partial charge in [0, 0.05) is 19.6 Å². The lowest BCUT2D eigenvalue weighted by molar-refractivity contribution is 0.295. The van der Waals surface area contributed by atoms with Crippen molar-refractivity contribution in [2.24, 2.45) is 7.05 Å². The highest BCUT2D eigenvalue weighted by molar-refractivity contribution is 5.67. The molecule has 0 aliphatic heterocycles. The van der Waals surface area contributed by atoms with E-state index in [-0.39, 0.29) is 6.61 Å². The summed E-state index contributed by atoms with van der Waals surface area (Å²) >= 11 is 0. The van der Waals surface area contributed by atoms with Crippen molar-refractivity contribution < 1.29 is 5.11 Å². The van der Waals surface area contributed by atoms with Crippen molar-refractivity contribution >= 4 is 11.5 Å². The summed E-state index contributed by atoms with van der Waals surface area (Å²) in [4.78, 5) is 2.20. The zero-order valence-corrected chi connectivity index (χ0v) is 12.7. The van der Waals surface area contributed by atoms with E-state index in [1.165, 1.54) is 0 Å². The Kier molecular flexibility index (Phi) is 6.15. The van der Waals surface area contributed by atoms with Crippen LogP contribution >= 0.6 is 0 Å². The third-order valence-electron chi connectivity index (χ3n) is 3.61. The monoisotopic (exact) mass is 268 g/mol. The molecule has 5 nitrogen and oxygen atoms in total. The van der Waals surface area contributed by atoms with Crippen LogP contribution in [0.3, 0.4) is 0 Å². The van der Waals surface area contributed by atoms with Crippen LogP contribution < -0.4 is 10.6 Å². The topological polar surface area (TPSA) is 67.3 Å². The van der Waals surface area contributed by atoms with Crippen LogP contribution in [-0.4, -0.2) is 34.1 Å². The van der Waals surface area contributed by atoms with Gasteiger partial charge in [0.15, 0.2) is 5.82 Å². The number of nitrogens with zero attached hydrogens (tertiary/aromatic N) is 3. The van der Waals surface area contributed by atoms with Gasteiger partial charge in [-0.1, -0.05) is 27.2 Å². The van der Waals surface area contributed by atoms with E-state index in [0.29, 0.717) is 12.6 Å². The second-order valence-electron chi connectivity index (χ2n) is 4.94.